The van der Waals surface area contributed by atoms with Crippen molar-refractivity contribution in [3.8, 4) is 11.5 Å². The second-order valence-electron chi connectivity index (χ2n) is 3.15. The minimum absolute atomic E-state index is 0.109. The van der Waals surface area contributed by atoms with Gasteiger partial charge in [0, 0.05) is 0 Å². The molecule has 0 bridgehead atoms. The van der Waals surface area contributed by atoms with E-state index in [2.05, 4.69) is 0 Å². The normalized spacial score (nSPS) is 12.5. The van der Waals surface area contributed by atoms with Gasteiger partial charge in [-0.3, -0.25) is 0 Å². The number of rotatable bonds is 4. The van der Waals surface area contributed by atoms with Crippen molar-refractivity contribution in [1.82, 2.24) is 0 Å². The summed E-state index contributed by atoms with van der Waals surface area (Å²) in [6.07, 6.45) is -0.295. The van der Waals surface area contributed by atoms with E-state index in [1.54, 1.807) is 6.07 Å². The highest BCUT2D eigenvalue weighted by Crippen LogP contribution is 2.36. The van der Waals surface area contributed by atoms with Gasteiger partial charge in [-0.2, -0.15) is 0 Å². The summed E-state index contributed by atoms with van der Waals surface area (Å²) in [5, 5.41) is 19.3. The van der Waals surface area contributed by atoms with Gasteiger partial charge in [0.1, 0.15) is 16.5 Å². The van der Waals surface area contributed by atoms with E-state index < -0.39 is 6.10 Å². The lowest BCUT2D eigenvalue weighted by Gasteiger charge is -2.13. The number of hydrogen-bond acceptors (Lipinski definition) is 4. The molecular weight excluding hydrogens is 218 g/mol. The number of benzene rings is 1. The van der Waals surface area contributed by atoms with Crippen molar-refractivity contribution >= 4 is 11.6 Å². The van der Waals surface area contributed by atoms with Gasteiger partial charge >= 0.3 is 0 Å². The number of nitrogens with two attached hydrogens (primary N) is 1. The molecule has 0 spiro atoms. The van der Waals surface area contributed by atoms with E-state index in [0.29, 0.717) is 24.3 Å². The molecule has 15 heavy (non-hydrogen) atoms. The van der Waals surface area contributed by atoms with Crippen molar-refractivity contribution < 1.29 is 14.9 Å². The van der Waals surface area contributed by atoms with E-state index in [1.165, 1.54) is 13.2 Å². The van der Waals surface area contributed by atoms with E-state index in [4.69, 9.17) is 22.1 Å². The van der Waals surface area contributed by atoms with Crippen LogP contribution in [0.2, 0.25) is 5.02 Å². The molecule has 1 atom stereocenters. The molecule has 0 aromatic heterocycles. The monoisotopic (exact) mass is 231 g/mol. The fourth-order valence-electron chi connectivity index (χ4n) is 1.27. The molecule has 84 valence electrons. The van der Waals surface area contributed by atoms with E-state index in [9.17, 15) is 10.2 Å². The van der Waals surface area contributed by atoms with Gasteiger partial charge in [-0.15, -0.1) is 0 Å². The summed E-state index contributed by atoms with van der Waals surface area (Å²) in [7, 11) is 1.44. The number of hydrogen-bond donors (Lipinski definition) is 3. The van der Waals surface area contributed by atoms with Crippen molar-refractivity contribution in [2.75, 3.05) is 13.7 Å². The number of methoxy groups -OCH3 is 1. The largest absolute Gasteiger partial charge is 0.506 e. The Morgan fingerprint density at radius 3 is 2.73 bits per heavy atom. The zero-order chi connectivity index (χ0) is 11.4. The smallest absolute Gasteiger partial charge is 0.141 e. The van der Waals surface area contributed by atoms with Crippen LogP contribution < -0.4 is 10.5 Å². The predicted octanol–water partition coefficient (Wildman–Crippen LogP) is 1.44. The summed E-state index contributed by atoms with van der Waals surface area (Å²) in [5.41, 5.74) is 5.87. The molecule has 0 fully saturated rings. The number of phenols is 1. The number of aliphatic hydroxyl groups excluding tert-OH is 1. The molecule has 1 aromatic rings. The Morgan fingerprint density at radius 2 is 2.20 bits per heavy atom. The second kappa shape index (κ2) is 5.21. The van der Waals surface area contributed by atoms with Gasteiger partial charge in [0.25, 0.3) is 0 Å². The van der Waals surface area contributed by atoms with Crippen LogP contribution in [0.1, 0.15) is 18.1 Å². The van der Waals surface area contributed by atoms with Crippen molar-refractivity contribution in [3.63, 3.8) is 0 Å². The molecule has 0 radical (unpaired) electrons. The quantitative estimate of drug-likeness (QED) is 0.733. The van der Waals surface area contributed by atoms with Crippen LogP contribution >= 0.6 is 11.6 Å². The Kier molecular flexibility index (Phi) is 4.20. The van der Waals surface area contributed by atoms with Crippen LogP contribution in [0.4, 0.5) is 0 Å². The topological polar surface area (TPSA) is 75.7 Å². The van der Waals surface area contributed by atoms with Crippen LogP contribution in [0, 0.1) is 0 Å². The number of aromatic hydroxyl groups is 1. The average Bonchev–Trinajstić information content (AvgIpc) is 2.22. The van der Waals surface area contributed by atoms with Crippen molar-refractivity contribution in [2.45, 2.75) is 12.5 Å². The summed E-state index contributed by atoms with van der Waals surface area (Å²) in [6.45, 7) is 0.368. The standard InChI is InChI=1S/C10H14ClNO3/c1-15-9-5-6(7(13)2-3-12)4-8(14)10(9)11/h4-5,7,13-14H,2-3,12H2,1H3. The lowest BCUT2D eigenvalue weighted by atomic mass is 10.1. The first-order valence-corrected chi connectivity index (χ1v) is 4.92. The van der Waals surface area contributed by atoms with Gasteiger partial charge in [-0.25, -0.2) is 0 Å². The lowest BCUT2D eigenvalue weighted by molar-refractivity contribution is 0.169. The van der Waals surface area contributed by atoms with E-state index in [-0.39, 0.29) is 10.8 Å². The molecule has 0 saturated heterocycles. The van der Waals surface area contributed by atoms with Crippen molar-refractivity contribution in [3.05, 3.63) is 22.7 Å². The van der Waals surface area contributed by atoms with Crippen LogP contribution in [-0.2, 0) is 0 Å². The molecule has 0 aliphatic carbocycles. The molecule has 0 saturated carbocycles. The van der Waals surface area contributed by atoms with Crippen LogP contribution in [0.3, 0.4) is 0 Å². The molecule has 0 heterocycles. The fourth-order valence-corrected chi connectivity index (χ4v) is 1.46. The first-order chi connectivity index (χ1) is 7.10. The van der Waals surface area contributed by atoms with Gasteiger partial charge in [0.15, 0.2) is 0 Å². The van der Waals surface area contributed by atoms with Crippen molar-refractivity contribution in [2.24, 2.45) is 5.73 Å². The van der Waals surface area contributed by atoms with E-state index in [0.717, 1.165) is 0 Å². The second-order valence-corrected chi connectivity index (χ2v) is 3.53. The Morgan fingerprint density at radius 1 is 1.53 bits per heavy atom. The molecule has 0 amide bonds. The van der Waals surface area contributed by atoms with Crippen LogP contribution in [0.25, 0.3) is 0 Å². The van der Waals surface area contributed by atoms with Gasteiger partial charge < -0.3 is 20.7 Å². The predicted molar refractivity (Wildman–Crippen MR) is 58.3 cm³/mol. The van der Waals surface area contributed by atoms with E-state index in [1.807, 2.05) is 0 Å². The first-order valence-electron chi connectivity index (χ1n) is 4.54. The Balaban J connectivity index is 3.05. The molecule has 1 unspecified atom stereocenters. The third kappa shape index (κ3) is 2.75. The minimum Gasteiger partial charge on any atom is -0.506 e. The van der Waals surface area contributed by atoms with Gasteiger partial charge in [-0.05, 0) is 30.7 Å². The summed E-state index contributed by atoms with van der Waals surface area (Å²) >= 11 is 5.77. The summed E-state index contributed by atoms with van der Waals surface area (Å²) < 4.78 is 4.96. The Labute approximate surface area is 93.2 Å². The third-order valence-corrected chi connectivity index (χ3v) is 2.47. The highest BCUT2D eigenvalue weighted by atomic mass is 35.5. The molecule has 1 rings (SSSR count). The van der Waals surface area contributed by atoms with Crippen LogP contribution in [0.5, 0.6) is 11.5 Å². The third-order valence-electron chi connectivity index (χ3n) is 2.09. The average molecular weight is 232 g/mol. The summed E-state index contributed by atoms with van der Waals surface area (Å²) in [4.78, 5) is 0. The van der Waals surface area contributed by atoms with Crippen LogP contribution in [-0.4, -0.2) is 23.9 Å². The Hall–Kier alpha value is -0.970. The van der Waals surface area contributed by atoms with Gasteiger partial charge in [-0.1, -0.05) is 11.6 Å². The molecule has 1 aromatic carbocycles. The summed E-state index contributed by atoms with van der Waals surface area (Å²) in [6, 6.07) is 2.99. The molecule has 0 aliphatic rings. The van der Waals surface area contributed by atoms with Gasteiger partial charge in [0.2, 0.25) is 0 Å². The molecule has 0 aliphatic heterocycles. The maximum atomic E-state index is 9.67. The van der Waals surface area contributed by atoms with Gasteiger partial charge in [0.05, 0.1) is 13.2 Å². The fraction of sp³-hybridized carbons (Fsp3) is 0.400. The minimum atomic E-state index is -0.716. The maximum absolute atomic E-state index is 9.67. The number of phenolic OH excluding ortho intramolecular Hbond substituents is 1. The molecule has 4 N–H and O–H groups in total. The summed E-state index contributed by atoms with van der Waals surface area (Å²) in [5.74, 6) is 0.227. The highest BCUT2D eigenvalue weighted by Gasteiger charge is 2.13. The molecule has 4 nitrogen and oxygen atoms in total. The SMILES string of the molecule is COc1cc(C(O)CCN)cc(O)c1Cl. The highest BCUT2D eigenvalue weighted by molar-refractivity contribution is 6.33. The number of aliphatic hydroxyl groups is 1. The van der Waals surface area contributed by atoms with Crippen LogP contribution in [0.15, 0.2) is 12.1 Å². The zero-order valence-corrected chi connectivity index (χ0v) is 9.16. The number of ether oxygens (including phenoxy) is 1. The molecule has 5 heteroatoms. The van der Waals surface area contributed by atoms with Crippen molar-refractivity contribution in [1.29, 1.82) is 0 Å². The Bertz CT molecular complexity index is 344. The zero-order valence-electron chi connectivity index (χ0n) is 8.40. The van der Waals surface area contributed by atoms with E-state index >= 15 is 0 Å². The number of halogens is 1. The lowest BCUT2D eigenvalue weighted by Crippen LogP contribution is -2.06. The maximum Gasteiger partial charge on any atom is 0.141 e. The molecular formula is C10H14ClNO3. The first kappa shape index (κ1) is 12.1.